The van der Waals surface area contributed by atoms with Gasteiger partial charge in [0.25, 0.3) is 10.0 Å². The first-order chi connectivity index (χ1) is 20.2. The molecular formula is C32H41N3O6S. The van der Waals surface area contributed by atoms with Gasteiger partial charge in [0.15, 0.2) is 0 Å². The second-order valence-corrected chi connectivity index (χ2v) is 11.7. The van der Waals surface area contributed by atoms with Crippen LogP contribution in [0, 0.1) is 0 Å². The van der Waals surface area contributed by atoms with E-state index < -0.39 is 28.5 Å². The number of amides is 2. The van der Waals surface area contributed by atoms with Crippen LogP contribution in [0.15, 0.2) is 83.8 Å². The van der Waals surface area contributed by atoms with E-state index in [0.717, 1.165) is 16.3 Å². The summed E-state index contributed by atoms with van der Waals surface area (Å²) in [6.07, 6.45) is 1.07. The van der Waals surface area contributed by atoms with E-state index >= 15 is 0 Å². The topological polar surface area (TPSA) is 105 Å². The Balaban J connectivity index is 2.09. The number of anilines is 1. The Morgan fingerprint density at radius 3 is 2.12 bits per heavy atom. The summed E-state index contributed by atoms with van der Waals surface area (Å²) in [5.41, 5.74) is 1.00. The van der Waals surface area contributed by atoms with Crippen molar-refractivity contribution >= 4 is 27.5 Å². The lowest BCUT2D eigenvalue weighted by Gasteiger charge is -2.34. The highest BCUT2D eigenvalue weighted by Gasteiger charge is 2.35. The number of benzene rings is 3. The number of hydrogen-bond acceptors (Lipinski definition) is 6. The van der Waals surface area contributed by atoms with Gasteiger partial charge in [-0.25, -0.2) is 8.42 Å². The molecule has 10 heteroatoms. The van der Waals surface area contributed by atoms with Crippen molar-refractivity contribution in [2.45, 2.75) is 64.1 Å². The second kappa shape index (κ2) is 15.3. The lowest BCUT2D eigenvalue weighted by atomic mass is 10.1. The van der Waals surface area contributed by atoms with Gasteiger partial charge >= 0.3 is 0 Å². The number of hydrogen-bond donors (Lipinski definition) is 1. The second-order valence-electron chi connectivity index (χ2n) is 9.84. The standard InChI is InChI=1S/C32H41N3O6S/c1-6-24(4)33-32(37)28(7-2)34(22-25-18-20-26(40-5)21-19-25)31(36)23-35(29-16-12-13-17-30(29)41-8-3)42(38,39)27-14-10-9-11-15-27/h9-21,24,28H,6-8,22-23H2,1-5H3,(H,33,37)/t24-,28+/m0/s1. The number of sulfonamides is 1. The smallest absolute Gasteiger partial charge is 0.264 e. The SMILES string of the molecule is CCOc1ccccc1N(CC(=O)N(Cc1ccc(OC)cc1)[C@H](CC)C(=O)N[C@@H](C)CC)S(=O)(=O)c1ccccc1. The van der Waals surface area contributed by atoms with Gasteiger partial charge < -0.3 is 19.7 Å². The number of ether oxygens (including phenoxy) is 2. The summed E-state index contributed by atoms with van der Waals surface area (Å²) >= 11 is 0. The fraction of sp³-hybridized carbons (Fsp3) is 0.375. The summed E-state index contributed by atoms with van der Waals surface area (Å²) in [4.78, 5) is 29.1. The summed E-state index contributed by atoms with van der Waals surface area (Å²) in [5.74, 6) is 0.171. The molecule has 0 aliphatic carbocycles. The van der Waals surface area contributed by atoms with Crippen LogP contribution in [-0.2, 0) is 26.2 Å². The number of rotatable bonds is 15. The third-order valence-corrected chi connectivity index (χ3v) is 8.72. The van der Waals surface area contributed by atoms with Crippen LogP contribution >= 0.6 is 0 Å². The van der Waals surface area contributed by atoms with Gasteiger partial charge in [-0.05, 0) is 68.7 Å². The number of carbonyl (C=O) groups is 2. The first-order valence-corrected chi connectivity index (χ1v) is 15.6. The average molecular weight is 596 g/mol. The molecule has 1 N–H and O–H groups in total. The average Bonchev–Trinajstić information content (AvgIpc) is 3.00. The molecule has 0 aliphatic heterocycles. The summed E-state index contributed by atoms with van der Waals surface area (Å²) in [6.45, 7) is 7.37. The lowest BCUT2D eigenvalue weighted by Crippen LogP contribution is -2.53. The van der Waals surface area contributed by atoms with Crippen LogP contribution in [0.4, 0.5) is 5.69 Å². The lowest BCUT2D eigenvalue weighted by molar-refractivity contribution is -0.140. The van der Waals surface area contributed by atoms with E-state index in [0.29, 0.717) is 24.5 Å². The highest BCUT2D eigenvalue weighted by molar-refractivity contribution is 7.92. The van der Waals surface area contributed by atoms with E-state index in [1.165, 1.54) is 17.0 Å². The van der Waals surface area contributed by atoms with Crippen LogP contribution in [0.2, 0.25) is 0 Å². The summed E-state index contributed by atoms with van der Waals surface area (Å²) < 4.78 is 40.2. The zero-order valence-corrected chi connectivity index (χ0v) is 25.8. The van der Waals surface area contributed by atoms with Crippen LogP contribution < -0.4 is 19.1 Å². The summed E-state index contributed by atoms with van der Waals surface area (Å²) in [5, 5.41) is 2.98. The number of carbonyl (C=O) groups excluding carboxylic acids is 2. The molecule has 0 saturated carbocycles. The van der Waals surface area contributed by atoms with Crippen LogP contribution in [0.5, 0.6) is 11.5 Å². The summed E-state index contributed by atoms with van der Waals surface area (Å²) in [6, 6.07) is 21.0. The first kappa shape index (κ1) is 32.5. The van der Waals surface area contributed by atoms with E-state index in [4.69, 9.17) is 9.47 Å². The maximum atomic E-state index is 14.2. The Morgan fingerprint density at radius 1 is 0.881 bits per heavy atom. The van der Waals surface area contributed by atoms with Gasteiger partial charge in [-0.1, -0.05) is 56.3 Å². The van der Waals surface area contributed by atoms with Gasteiger partial charge in [0, 0.05) is 12.6 Å². The number of para-hydroxylation sites is 2. The van der Waals surface area contributed by atoms with E-state index in [1.807, 2.05) is 32.9 Å². The number of nitrogens with one attached hydrogen (secondary N) is 1. The van der Waals surface area contributed by atoms with Gasteiger partial charge in [-0.15, -0.1) is 0 Å². The van der Waals surface area contributed by atoms with Gasteiger partial charge in [0.05, 0.1) is 24.3 Å². The fourth-order valence-electron chi connectivity index (χ4n) is 4.46. The van der Waals surface area contributed by atoms with Crippen LogP contribution in [0.1, 0.15) is 46.1 Å². The molecule has 0 aliphatic rings. The van der Waals surface area contributed by atoms with Gasteiger partial charge in [-0.2, -0.15) is 0 Å². The van der Waals surface area contributed by atoms with Gasteiger partial charge in [-0.3, -0.25) is 13.9 Å². The fourth-order valence-corrected chi connectivity index (χ4v) is 5.91. The molecule has 2 atom stereocenters. The molecule has 9 nitrogen and oxygen atoms in total. The zero-order chi connectivity index (χ0) is 30.7. The number of nitrogens with zero attached hydrogens (tertiary/aromatic N) is 2. The maximum absolute atomic E-state index is 14.2. The van der Waals surface area contributed by atoms with E-state index in [2.05, 4.69) is 5.32 Å². The molecule has 3 aromatic carbocycles. The van der Waals surface area contributed by atoms with Crippen molar-refractivity contribution in [3.63, 3.8) is 0 Å². The predicted octanol–water partition coefficient (Wildman–Crippen LogP) is 5.01. The molecule has 3 aromatic rings. The van der Waals surface area contributed by atoms with Crippen molar-refractivity contribution in [2.24, 2.45) is 0 Å². The predicted molar refractivity (Wildman–Crippen MR) is 164 cm³/mol. The van der Waals surface area contributed by atoms with E-state index in [1.54, 1.807) is 68.6 Å². The van der Waals surface area contributed by atoms with Gasteiger partial charge in [0.2, 0.25) is 11.8 Å². The molecule has 226 valence electrons. The first-order valence-electron chi connectivity index (χ1n) is 14.2. The number of methoxy groups -OCH3 is 1. The Bertz CT molecular complexity index is 1410. The van der Waals surface area contributed by atoms with Gasteiger partial charge in [0.1, 0.15) is 24.1 Å². The molecule has 0 bridgehead atoms. The maximum Gasteiger partial charge on any atom is 0.264 e. The van der Waals surface area contributed by atoms with Crippen LogP contribution in [0.3, 0.4) is 0 Å². The molecule has 42 heavy (non-hydrogen) atoms. The molecule has 0 aromatic heterocycles. The minimum atomic E-state index is -4.19. The third-order valence-electron chi connectivity index (χ3n) is 6.94. The molecule has 2 amide bonds. The van der Waals surface area contributed by atoms with Crippen molar-refractivity contribution in [3.8, 4) is 11.5 Å². The molecule has 0 radical (unpaired) electrons. The Kier molecular flexibility index (Phi) is 11.8. The highest BCUT2D eigenvalue weighted by Crippen LogP contribution is 2.33. The van der Waals surface area contributed by atoms with Crippen LogP contribution in [-0.4, -0.2) is 57.5 Å². The molecule has 0 spiro atoms. The highest BCUT2D eigenvalue weighted by atomic mass is 32.2. The van der Waals surface area contributed by atoms with Crippen molar-refractivity contribution in [1.82, 2.24) is 10.2 Å². The minimum absolute atomic E-state index is 0.0346. The normalized spacial score (nSPS) is 12.6. The van der Waals surface area contributed by atoms with E-state index in [9.17, 15) is 18.0 Å². The third kappa shape index (κ3) is 8.03. The Hall–Kier alpha value is -4.05. The van der Waals surface area contributed by atoms with E-state index in [-0.39, 0.29) is 29.1 Å². The minimum Gasteiger partial charge on any atom is -0.497 e. The van der Waals surface area contributed by atoms with Crippen molar-refractivity contribution < 1.29 is 27.5 Å². The van der Waals surface area contributed by atoms with Crippen molar-refractivity contribution in [2.75, 3.05) is 24.6 Å². The quantitative estimate of drug-likeness (QED) is 0.265. The Morgan fingerprint density at radius 2 is 1.52 bits per heavy atom. The largest absolute Gasteiger partial charge is 0.497 e. The van der Waals surface area contributed by atoms with Crippen molar-refractivity contribution in [3.05, 3.63) is 84.4 Å². The summed E-state index contributed by atoms with van der Waals surface area (Å²) in [7, 11) is -2.62. The monoisotopic (exact) mass is 595 g/mol. The molecule has 0 saturated heterocycles. The molecular weight excluding hydrogens is 554 g/mol. The Labute approximate surface area is 249 Å². The molecule has 3 rings (SSSR count). The van der Waals surface area contributed by atoms with Crippen LogP contribution in [0.25, 0.3) is 0 Å². The molecule has 0 unspecified atom stereocenters. The van der Waals surface area contributed by atoms with Crippen molar-refractivity contribution in [1.29, 1.82) is 0 Å². The molecule has 0 fully saturated rings. The zero-order valence-electron chi connectivity index (χ0n) is 24.9. The molecule has 0 heterocycles.